The Hall–Kier alpha value is -3.92. The van der Waals surface area contributed by atoms with Gasteiger partial charge in [0.2, 0.25) is 0 Å². The van der Waals surface area contributed by atoms with Crippen LogP contribution < -0.4 is 20.5 Å². The van der Waals surface area contributed by atoms with Gasteiger partial charge in [-0.3, -0.25) is 14.5 Å². The molecule has 4 rings (SSSR count). The maximum Gasteiger partial charge on any atom is 0.344 e. The van der Waals surface area contributed by atoms with Crippen molar-refractivity contribution >= 4 is 27.6 Å². The first-order chi connectivity index (χ1) is 15.6. The quantitative estimate of drug-likeness (QED) is 0.512. The summed E-state index contributed by atoms with van der Waals surface area (Å²) in [5, 5.41) is 2.96. The second kappa shape index (κ2) is 8.55. The van der Waals surface area contributed by atoms with Crippen LogP contribution in [0.15, 0.2) is 71.3 Å². The molecule has 0 saturated heterocycles. The molecule has 10 heteroatoms. The summed E-state index contributed by atoms with van der Waals surface area (Å²) in [6.45, 7) is 3.74. The topological polar surface area (TPSA) is 136 Å². The first-order valence-corrected chi connectivity index (χ1v) is 11.6. The summed E-state index contributed by atoms with van der Waals surface area (Å²) in [6.07, 6.45) is 1.60. The van der Waals surface area contributed by atoms with E-state index in [2.05, 4.69) is 19.4 Å². The lowest BCUT2D eigenvalue weighted by Gasteiger charge is -2.27. The van der Waals surface area contributed by atoms with E-state index in [4.69, 9.17) is 10.5 Å². The Labute approximate surface area is 191 Å². The standard InChI is InChI=1S/C23H23N5O4S/c1-23(2,14-32-19-10-6-9-17-20(19)21(24)28-33(30,31)27-17)26-22(29)16-11-12-25-18(13-16)15-7-4-3-5-8-15/h3-13,27H,14H2,1-2H3,(H2,24,28)(H,26,29). The number of hydrogen-bond donors (Lipinski definition) is 3. The van der Waals surface area contributed by atoms with Crippen LogP contribution in [0, 0.1) is 0 Å². The molecule has 2 heterocycles. The van der Waals surface area contributed by atoms with E-state index in [1.54, 1.807) is 36.5 Å². The molecule has 0 spiro atoms. The first-order valence-electron chi connectivity index (χ1n) is 10.1. The number of anilines is 1. The van der Waals surface area contributed by atoms with Gasteiger partial charge >= 0.3 is 10.2 Å². The van der Waals surface area contributed by atoms with Crippen molar-refractivity contribution in [3.63, 3.8) is 0 Å². The number of nitrogens with one attached hydrogen (secondary N) is 2. The van der Waals surface area contributed by atoms with Crippen molar-refractivity contribution in [1.82, 2.24) is 10.3 Å². The molecule has 33 heavy (non-hydrogen) atoms. The van der Waals surface area contributed by atoms with E-state index >= 15 is 0 Å². The molecular formula is C23H23N5O4S. The summed E-state index contributed by atoms with van der Waals surface area (Å²) in [7, 11) is -3.88. The Kier molecular flexibility index (Phi) is 5.77. The van der Waals surface area contributed by atoms with Gasteiger partial charge in [0.15, 0.2) is 5.84 Å². The number of aromatic nitrogens is 1. The molecule has 0 atom stereocenters. The molecule has 9 nitrogen and oxygen atoms in total. The van der Waals surface area contributed by atoms with Gasteiger partial charge in [-0.15, -0.1) is 4.40 Å². The maximum absolute atomic E-state index is 12.9. The van der Waals surface area contributed by atoms with Crippen molar-refractivity contribution in [2.24, 2.45) is 10.1 Å². The smallest absolute Gasteiger partial charge is 0.344 e. The van der Waals surface area contributed by atoms with Crippen LogP contribution in [-0.2, 0) is 10.2 Å². The highest BCUT2D eigenvalue weighted by Gasteiger charge is 2.27. The molecule has 0 bridgehead atoms. The molecule has 170 valence electrons. The zero-order valence-electron chi connectivity index (χ0n) is 18.1. The Balaban J connectivity index is 1.47. The number of benzene rings is 2. The summed E-state index contributed by atoms with van der Waals surface area (Å²) in [6, 6.07) is 17.9. The molecule has 1 aromatic heterocycles. The highest BCUT2D eigenvalue weighted by molar-refractivity contribution is 7.91. The fourth-order valence-corrected chi connectivity index (χ4v) is 4.19. The number of nitrogens with zero attached hydrogens (tertiary/aromatic N) is 2. The molecule has 0 fully saturated rings. The van der Waals surface area contributed by atoms with Gasteiger partial charge < -0.3 is 15.8 Å². The lowest BCUT2D eigenvalue weighted by atomic mass is 10.0. The second-order valence-corrected chi connectivity index (χ2v) is 9.49. The van der Waals surface area contributed by atoms with Crippen molar-refractivity contribution in [3.05, 3.63) is 78.0 Å². The molecule has 3 aromatic rings. The molecular weight excluding hydrogens is 442 g/mol. The zero-order valence-corrected chi connectivity index (χ0v) is 18.9. The Morgan fingerprint density at radius 2 is 1.88 bits per heavy atom. The highest BCUT2D eigenvalue weighted by atomic mass is 32.2. The summed E-state index contributed by atoms with van der Waals surface area (Å²) in [5.41, 5.74) is 7.83. The van der Waals surface area contributed by atoms with Gasteiger partial charge in [-0.1, -0.05) is 36.4 Å². The summed E-state index contributed by atoms with van der Waals surface area (Å²) < 4.78 is 35.2. The summed E-state index contributed by atoms with van der Waals surface area (Å²) in [4.78, 5) is 17.2. The average molecular weight is 466 g/mol. The van der Waals surface area contributed by atoms with Crippen LogP contribution in [0.4, 0.5) is 5.69 Å². The van der Waals surface area contributed by atoms with Gasteiger partial charge in [0.25, 0.3) is 5.91 Å². The van der Waals surface area contributed by atoms with Crippen molar-refractivity contribution in [1.29, 1.82) is 0 Å². The molecule has 0 radical (unpaired) electrons. The van der Waals surface area contributed by atoms with Gasteiger partial charge in [0, 0.05) is 17.3 Å². The van der Waals surface area contributed by atoms with Crippen molar-refractivity contribution in [2.75, 3.05) is 11.3 Å². The molecule has 0 aliphatic carbocycles. The number of amidine groups is 1. The molecule has 1 amide bonds. The van der Waals surface area contributed by atoms with E-state index < -0.39 is 15.7 Å². The third kappa shape index (κ3) is 5.12. The molecule has 4 N–H and O–H groups in total. The number of rotatable bonds is 6. The maximum atomic E-state index is 12.9. The third-order valence-electron chi connectivity index (χ3n) is 4.87. The number of carbonyl (C=O) groups is 1. The van der Waals surface area contributed by atoms with Crippen LogP contribution in [0.2, 0.25) is 0 Å². The van der Waals surface area contributed by atoms with Crippen LogP contribution >= 0.6 is 0 Å². The predicted molar refractivity (Wildman–Crippen MR) is 126 cm³/mol. The minimum Gasteiger partial charge on any atom is -0.490 e. The predicted octanol–water partition coefficient (Wildman–Crippen LogP) is 2.71. The van der Waals surface area contributed by atoms with Crippen LogP contribution in [-0.4, -0.2) is 37.3 Å². The number of pyridine rings is 1. The highest BCUT2D eigenvalue weighted by Crippen LogP contribution is 2.31. The van der Waals surface area contributed by atoms with Crippen LogP contribution in [0.25, 0.3) is 11.3 Å². The van der Waals surface area contributed by atoms with Crippen molar-refractivity contribution < 1.29 is 17.9 Å². The summed E-state index contributed by atoms with van der Waals surface area (Å²) >= 11 is 0. The summed E-state index contributed by atoms with van der Waals surface area (Å²) in [5.74, 6) is -0.0766. The van der Waals surface area contributed by atoms with Gasteiger partial charge in [-0.25, -0.2) is 0 Å². The van der Waals surface area contributed by atoms with Crippen molar-refractivity contribution in [2.45, 2.75) is 19.4 Å². The SMILES string of the molecule is CC(C)(COc1cccc2c1C(N)=NS(=O)(=O)N2)NC(=O)c1ccnc(-c2ccccc2)c1. The Morgan fingerprint density at radius 3 is 2.64 bits per heavy atom. The monoisotopic (exact) mass is 465 g/mol. The number of amides is 1. The number of nitrogens with two attached hydrogens (primary N) is 1. The van der Waals surface area contributed by atoms with Gasteiger partial charge in [0.1, 0.15) is 12.4 Å². The van der Waals surface area contributed by atoms with Crippen LogP contribution in [0.3, 0.4) is 0 Å². The molecule has 2 aromatic carbocycles. The molecule has 1 aliphatic rings. The number of carbonyl (C=O) groups excluding carboxylic acids is 1. The average Bonchev–Trinajstić information content (AvgIpc) is 2.77. The fraction of sp³-hybridized carbons (Fsp3) is 0.174. The normalized spacial score (nSPS) is 14.4. The minimum atomic E-state index is -3.88. The zero-order chi connectivity index (χ0) is 23.6. The van der Waals surface area contributed by atoms with Crippen LogP contribution in [0.5, 0.6) is 5.75 Å². The van der Waals surface area contributed by atoms with E-state index in [0.29, 0.717) is 22.6 Å². The van der Waals surface area contributed by atoms with Gasteiger partial charge in [-0.05, 0) is 38.1 Å². The van der Waals surface area contributed by atoms with E-state index in [-0.39, 0.29) is 24.0 Å². The number of ether oxygens (including phenoxy) is 1. The van der Waals surface area contributed by atoms with Crippen LogP contribution in [0.1, 0.15) is 29.8 Å². The van der Waals surface area contributed by atoms with Gasteiger partial charge in [-0.2, -0.15) is 8.42 Å². The Morgan fingerprint density at radius 1 is 1.12 bits per heavy atom. The largest absolute Gasteiger partial charge is 0.490 e. The molecule has 1 aliphatic heterocycles. The van der Waals surface area contributed by atoms with Crippen molar-refractivity contribution in [3.8, 4) is 17.0 Å². The van der Waals surface area contributed by atoms with Gasteiger partial charge in [0.05, 0.1) is 22.5 Å². The minimum absolute atomic E-state index is 0.103. The lowest BCUT2D eigenvalue weighted by molar-refractivity contribution is 0.0880. The van der Waals surface area contributed by atoms with E-state index in [9.17, 15) is 13.2 Å². The first kappa shape index (κ1) is 22.3. The number of fused-ring (bicyclic) bond motifs is 1. The molecule has 0 saturated carbocycles. The lowest BCUT2D eigenvalue weighted by Crippen LogP contribution is -2.48. The van der Waals surface area contributed by atoms with E-state index in [1.807, 2.05) is 44.2 Å². The number of hydrogen-bond acceptors (Lipinski definition) is 6. The second-order valence-electron chi connectivity index (χ2n) is 8.15. The molecule has 0 unspecified atom stereocenters. The fourth-order valence-electron chi connectivity index (χ4n) is 3.35. The third-order valence-corrected chi connectivity index (χ3v) is 5.79. The Bertz CT molecular complexity index is 1340. The van der Waals surface area contributed by atoms with E-state index in [1.165, 1.54) is 0 Å². The van der Waals surface area contributed by atoms with E-state index in [0.717, 1.165) is 5.56 Å².